The number of esters is 1. The molecule has 0 saturated heterocycles. The SMILES string of the molecule is CC(C)(C)OC(=O)COCc1ccc(I)cc1. The van der Waals surface area contributed by atoms with Crippen LogP contribution in [0.3, 0.4) is 0 Å². The molecule has 0 heterocycles. The van der Waals surface area contributed by atoms with Gasteiger partial charge in [0.2, 0.25) is 0 Å². The first kappa shape index (κ1) is 14.4. The molecular formula is C13H17IO3. The maximum atomic E-state index is 11.4. The van der Waals surface area contributed by atoms with E-state index in [0.29, 0.717) is 6.61 Å². The number of carbonyl (C=O) groups excluding carboxylic acids is 1. The van der Waals surface area contributed by atoms with E-state index in [0.717, 1.165) is 5.56 Å². The summed E-state index contributed by atoms with van der Waals surface area (Å²) in [6, 6.07) is 7.98. The minimum Gasteiger partial charge on any atom is -0.458 e. The van der Waals surface area contributed by atoms with Crippen LogP contribution in [0.2, 0.25) is 0 Å². The first-order valence-corrected chi connectivity index (χ1v) is 6.49. The second-order valence-electron chi connectivity index (χ2n) is 4.71. The molecule has 0 fully saturated rings. The van der Waals surface area contributed by atoms with Crippen molar-refractivity contribution in [3.8, 4) is 0 Å². The van der Waals surface area contributed by atoms with Crippen LogP contribution < -0.4 is 0 Å². The third kappa shape index (κ3) is 6.63. The molecule has 0 N–H and O–H groups in total. The number of carbonyl (C=O) groups is 1. The molecule has 0 spiro atoms. The first-order chi connectivity index (χ1) is 7.87. The van der Waals surface area contributed by atoms with Crippen molar-refractivity contribution in [1.29, 1.82) is 0 Å². The van der Waals surface area contributed by atoms with Crippen molar-refractivity contribution in [2.24, 2.45) is 0 Å². The smallest absolute Gasteiger partial charge is 0.332 e. The van der Waals surface area contributed by atoms with Crippen molar-refractivity contribution in [3.63, 3.8) is 0 Å². The van der Waals surface area contributed by atoms with Gasteiger partial charge in [0.1, 0.15) is 12.2 Å². The predicted molar refractivity (Wildman–Crippen MR) is 74.7 cm³/mol. The fourth-order valence-corrected chi connectivity index (χ4v) is 1.56. The lowest BCUT2D eigenvalue weighted by Gasteiger charge is -2.19. The van der Waals surface area contributed by atoms with Gasteiger partial charge in [-0.15, -0.1) is 0 Å². The highest BCUT2D eigenvalue weighted by Gasteiger charge is 2.15. The van der Waals surface area contributed by atoms with E-state index in [1.807, 2.05) is 45.0 Å². The van der Waals surface area contributed by atoms with Crippen molar-refractivity contribution < 1.29 is 14.3 Å². The summed E-state index contributed by atoms with van der Waals surface area (Å²) in [6.45, 7) is 5.93. The topological polar surface area (TPSA) is 35.5 Å². The third-order valence-corrected chi connectivity index (χ3v) is 2.54. The number of rotatable bonds is 4. The minimum atomic E-state index is -0.455. The van der Waals surface area contributed by atoms with Gasteiger partial charge in [-0.2, -0.15) is 0 Å². The summed E-state index contributed by atoms with van der Waals surface area (Å²) in [5.74, 6) is -0.331. The standard InChI is InChI=1S/C13H17IO3/c1-13(2,3)17-12(15)9-16-8-10-4-6-11(14)7-5-10/h4-7H,8-9H2,1-3H3. The van der Waals surface area contributed by atoms with E-state index in [-0.39, 0.29) is 12.6 Å². The number of hydrogen-bond acceptors (Lipinski definition) is 3. The normalized spacial score (nSPS) is 11.3. The van der Waals surface area contributed by atoms with Gasteiger partial charge in [-0.3, -0.25) is 0 Å². The lowest BCUT2D eigenvalue weighted by molar-refractivity contribution is -0.160. The Labute approximate surface area is 116 Å². The fraction of sp³-hybridized carbons (Fsp3) is 0.462. The zero-order valence-electron chi connectivity index (χ0n) is 10.3. The molecule has 0 atom stereocenters. The van der Waals surface area contributed by atoms with Crippen molar-refractivity contribution in [3.05, 3.63) is 33.4 Å². The van der Waals surface area contributed by atoms with Gasteiger partial charge in [0.15, 0.2) is 0 Å². The first-order valence-electron chi connectivity index (χ1n) is 5.41. The van der Waals surface area contributed by atoms with Crippen molar-refractivity contribution >= 4 is 28.6 Å². The van der Waals surface area contributed by atoms with E-state index >= 15 is 0 Å². The second-order valence-corrected chi connectivity index (χ2v) is 5.95. The van der Waals surface area contributed by atoms with Crippen LogP contribution in [0.4, 0.5) is 0 Å². The molecule has 0 amide bonds. The van der Waals surface area contributed by atoms with Gasteiger partial charge >= 0.3 is 5.97 Å². The van der Waals surface area contributed by atoms with E-state index in [1.54, 1.807) is 0 Å². The maximum absolute atomic E-state index is 11.4. The maximum Gasteiger partial charge on any atom is 0.332 e. The average molecular weight is 348 g/mol. The molecule has 0 saturated carbocycles. The highest BCUT2D eigenvalue weighted by Crippen LogP contribution is 2.09. The third-order valence-electron chi connectivity index (χ3n) is 1.82. The molecule has 0 radical (unpaired) electrons. The summed E-state index contributed by atoms with van der Waals surface area (Å²) in [6.07, 6.45) is 0. The van der Waals surface area contributed by atoms with E-state index < -0.39 is 5.60 Å². The lowest BCUT2D eigenvalue weighted by atomic mass is 10.2. The van der Waals surface area contributed by atoms with Gasteiger partial charge in [0.25, 0.3) is 0 Å². The number of hydrogen-bond donors (Lipinski definition) is 0. The van der Waals surface area contributed by atoms with Crippen LogP contribution in [-0.2, 0) is 20.9 Å². The molecule has 0 bridgehead atoms. The monoisotopic (exact) mass is 348 g/mol. The van der Waals surface area contributed by atoms with Gasteiger partial charge in [-0.05, 0) is 61.1 Å². The Morgan fingerprint density at radius 1 is 1.24 bits per heavy atom. The molecule has 1 aromatic rings. The lowest BCUT2D eigenvalue weighted by Crippen LogP contribution is -2.26. The second kappa shape index (κ2) is 6.35. The van der Waals surface area contributed by atoms with Crippen molar-refractivity contribution in [1.82, 2.24) is 0 Å². The van der Waals surface area contributed by atoms with Crippen LogP contribution in [0.1, 0.15) is 26.3 Å². The summed E-state index contributed by atoms with van der Waals surface area (Å²) in [7, 11) is 0. The van der Waals surface area contributed by atoms with Gasteiger partial charge in [0, 0.05) is 3.57 Å². The minimum absolute atomic E-state index is 0.0107. The Kier molecular flexibility index (Phi) is 5.39. The molecule has 1 aromatic carbocycles. The van der Waals surface area contributed by atoms with E-state index in [9.17, 15) is 4.79 Å². The number of halogens is 1. The van der Waals surface area contributed by atoms with Crippen LogP contribution in [0.25, 0.3) is 0 Å². The highest BCUT2D eigenvalue weighted by molar-refractivity contribution is 14.1. The van der Waals surface area contributed by atoms with Crippen molar-refractivity contribution in [2.75, 3.05) is 6.61 Å². The molecule has 1 rings (SSSR count). The van der Waals surface area contributed by atoms with Crippen LogP contribution in [-0.4, -0.2) is 18.2 Å². The molecular weight excluding hydrogens is 331 g/mol. The highest BCUT2D eigenvalue weighted by atomic mass is 127. The number of benzene rings is 1. The molecule has 0 aromatic heterocycles. The Hall–Kier alpha value is -0.620. The van der Waals surface area contributed by atoms with Crippen molar-refractivity contribution in [2.45, 2.75) is 33.0 Å². The summed E-state index contributed by atoms with van der Waals surface area (Å²) >= 11 is 2.24. The van der Waals surface area contributed by atoms with Crippen LogP contribution >= 0.6 is 22.6 Å². The zero-order chi connectivity index (χ0) is 12.9. The van der Waals surface area contributed by atoms with E-state index in [4.69, 9.17) is 9.47 Å². The van der Waals surface area contributed by atoms with Crippen LogP contribution in [0.15, 0.2) is 24.3 Å². The van der Waals surface area contributed by atoms with Gasteiger partial charge in [0.05, 0.1) is 6.61 Å². The molecule has 0 aliphatic carbocycles. The van der Waals surface area contributed by atoms with Gasteiger partial charge in [-0.25, -0.2) is 4.79 Å². The quantitative estimate of drug-likeness (QED) is 0.620. The Morgan fingerprint density at radius 3 is 2.35 bits per heavy atom. The summed E-state index contributed by atoms with van der Waals surface area (Å²) in [5, 5.41) is 0. The molecule has 17 heavy (non-hydrogen) atoms. The molecule has 0 aliphatic rings. The Morgan fingerprint density at radius 2 is 1.82 bits per heavy atom. The Balaban J connectivity index is 2.28. The zero-order valence-corrected chi connectivity index (χ0v) is 12.5. The van der Waals surface area contributed by atoms with E-state index in [2.05, 4.69) is 22.6 Å². The Bertz CT molecular complexity index is 365. The van der Waals surface area contributed by atoms with Crippen LogP contribution in [0, 0.1) is 3.57 Å². The largest absolute Gasteiger partial charge is 0.458 e. The van der Waals surface area contributed by atoms with Gasteiger partial charge < -0.3 is 9.47 Å². The molecule has 0 aliphatic heterocycles. The summed E-state index contributed by atoms with van der Waals surface area (Å²) in [5.41, 5.74) is 0.595. The molecule has 4 heteroatoms. The molecule has 0 unspecified atom stereocenters. The predicted octanol–water partition coefficient (Wildman–Crippen LogP) is 3.15. The molecule has 94 valence electrons. The molecule has 3 nitrogen and oxygen atoms in total. The average Bonchev–Trinajstić information content (AvgIpc) is 2.18. The summed E-state index contributed by atoms with van der Waals surface area (Å²) < 4.78 is 11.6. The van der Waals surface area contributed by atoms with Crippen LogP contribution in [0.5, 0.6) is 0 Å². The number of ether oxygens (including phenoxy) is 2. The van der Waals surface area contributed by atoms with Gasteiger partial charge in [-0.1, -0.05) is 12.1 Å². The summed E-state index contributed by atoms with van der Waals surface area (Å²) in [4.78, 5) is 11.4. The fourth-order valence-electron chi connectivity index (χ4n) is 1.20. The van der Waals surface area contributed by atoms with E-state index in [1.165, 1.54) is 3.57 Å².